The van der Waals surface area contributed by atoms with Gasteiger partial charge in [0.25, 0.3) is 0 Å². The highest BCUT2D eigenvalue weighted by atomic mass is 16.5. The fraction of sp³-hybridized carbons (Fsp3) is 0.917. The van der Waals surface area contributed by atoms with Gasteiger partial charge in [-0.3, -0.25) is 10.1 Å². The molecule has 0 aliphatic rings. The zero-order chi connectivity index (χ0) is 12.1. The molecule has 2 atom stereocenters. The van der Waals surface area contributed by atoms with Gasteiger partial charge in [-0.15, -0.1) is 0 Å². The maximum atomic E-state index is 11.7. The van der Waals surface area contributed by atoms with Crippen LogP contribution in [0.5, 0.6) is 0 Å². The Labute approximate surface area is 93.6 Å². The molecule has 0 saturated heterocycles. The average molecular weight is 215 g/mol. The fourth-order valence-corrected chi connectivity index (χ4v) is 1.89. The molecule has 0 radical (unpaired) electrons. The van der Waals surface area contributed by atoms with Crippen LogP contribution in [-0.2, 0) is 9.53 Å². The molecule has 3 heteroatoms. The highest BCUT2D eigenvalue weighted by Crippen LogP contribution is 2.19. The molecule has 0 aromatic carbocycles. The zero-order valence-electron chi connectivity index (χ0n) is 10.9. The quantitative estimate of drug-likeness (QED) is 0.691. The van der Waals surface area contributed by atoms with Crippen LogP contribution >= 0.6 is 0 Å². The Balaban J connectivity index is 4.61. The zero-order valence-corrected chi connectivity index (χ0v) is 10.9. The summed E-state index contributed by atoms with van der Waals surface area (Å²) in [6.45, 7) is 10.3. The third-order valence-electron chi connectivity index (χ3n) is 2.63. The smallest absolute Gasteiger partial charge is 0.325 e. The minimum atomic E-state index is -0.557. The second-order valence-electron chi connectivity index (χ2n) is 4.88. The largest absolute Gasteiger partial charge is 0.468 e. The number of carbonyl (C=O) groups excluding carboxylic acids is 1. The minimum Gasteiger partial charge on any atom is -0.468 e. The molecule has 0 aliphatic carbocycles. The number of rotatable bonds is 6. The predicted molar refractivity (Wildman–Crippen MR) is 62.8 cm³/mol. The molecule has 2 unspecified atom stereocenters. The number of esters is 1. The van der Waals surface area contributed by atoms with E-state index in [2.05, 4.69) is 33.0 Å². The van der Waals surface area contributed by atoms with E-state index in [1.165, 1.54) is 7.11 Å². The molecule has 90 valence electrons. The Kier molecular flexibility index (Phi) is 5.88. The molecule has 0 saturated carbocycles. The molecule has 0 rings (SSSR count). The van der Waals surface area contributed by atoms with E-state index in [-0.39, 0.29) is 5.97 Å². The normalized spacial score (nSPS) is 17.3. The molecular weight excluding hydrogens is 190 g/mol. The molecule has 15 heavy (non-hydrogen) atoms. The SMILES string of the molecule is CCC(C)NC(C)(CC(C)C)C(=O)OC. The van der Waals surface area contributed by atoms with Crippen molar-refractivity contribution in [3.05, 3.63) is 0 Å². The topological polar surface area (TPSA) is 38.3 Å². The van der Waals surface area contributed by atoms with E-state index in [0.717, 1.165) is 12.8 Å². The lowest BCUT2D eigenvalue weighted by molar-refractivity contribution is -0.149. The van der Waals surface area contributed by atoms with Crippen molar-refractivity contribution in [2.45, 2.75) is 59.0 Å². The van der Waals surface area contributed by atoms with E-state index in [4.69, 9.17) is 4.74 Å². The van der Waals surface area contributed by atoms with Gasteiger partial charge in [0.05, 0.1) is 7.11 Å². The Morgan fingerprint density at radius 3 is 2.27 bits per heavy atom. The van der Waals surface area contributed by atoms with Gasteiger partial charge in [-0.2, -0.15) is 0 Å². The van der Waals surface area contributed by atoms with Gasteiger partial charge >= 0.3 is 5.97 Å². The van der Waals surface area contributed by atoms with Crippen LogP contribution in [0, 0.1) is 5.92 Å². The lowest BCUT2D eigenvalue weighted by Gasteiger charge is -2.32. The van der Waals surface area contributed by atoms with Crippen LogP contribution < -0.4 is 5.32 Å². The Morgan fingerprint density at radius 1 is 1.40 bits per heavy atom. The summed E-state index contributed by atoms with van der Waals surface area (Å²) < 4.78 is 4.86. The van der Waals surface area contributed by atoms with Crippen molar-refractivity contribution in [3.63, 3.8) is 0 Å². The van der Waals surface area contributed by atoms with E-state index >= 15 is 0 Å². The van der Waals surface area contributed by atoms with Gasteiger partial charge in [0.15, 0.2) is 0 Å². The summed E-state index contributed by atoms with van der Waals surface area (Å²) in [5.41, 5.74) is -0.557. The molecule has 0 aliphatic heterocycles. The average Bonchev–Trinajstić information content (AvgIpc) is 2.14. The Morgan fingerprint density at radius 2 is 1.93 bits per heavy atom. The lowest BCUT2D eigenvalue weighted by Crippen LogP contribution is -2.54. The third kappa shape index (κ3) is 4.65. The second-order valence-corrected chi connectivity index (χ2v) is 4.88. The van der Waals surface area contributed by atoms with Crippen LogP contribution in [0.1, 0.15) is 47.5 Å². The van der Waals surface area contributed by atoms with Gasteiger partial charge < -0.3 is 4.74 Å². The summed E-state index contributed by atoms with van der Waals surface area (Å²) in [6, 6.07) is 0.327. The number of hydrogen-bond donors (Lipinski definition) is 1. The lowest BCUT2D eigenvalue weighted by atomic mass is 9.89. The molecule has 3 nitrogen and oxygen atoms in total. The first-order valence-electron chi connectivity index (χ1n) is 5.71. The molecule has 0 heterocycles. The van der Waals surface area contributed by atoms with E-state index in [0.29, 0.717) is 12.0 Å². The summed E-state index contributed by atoms with van der Waals surface area (Å²) in [5.74, 6) is 0.294. The van der Waals surface area contributed by atoms with Crippen molar-refractivity contribution in [2.24, 2.45) is 5.92 Å². The summed E-state index contributed by atoms with van der Waals surface area (Å²) in [7, 11) is 1.44. The maximum absolute atomic E-state index is 11.7. The predicted octanol–water partition coefficient (Wildman–Crippen LogP) is 2.35. The van der Waals surface area contributed by atoms with Gasteiger partial charge in [0.1, 0.15) is 5.54 Å². The first kappa shape index (κ1) is 14.4. The Hall–Kier alpha value is -0.570. The molecule has 0 fully saturated rings. The van der Waals surface area contributed by atoms with Crippen LogP contribution in [0.4, 0.5) is 0 Å². The van der Waals surface area contributed by atoms with Crippen molar-refractivity contribution >= 4 is 5.97 Å². The van der Waals surface area contributed by atoms with Crippen LogP contribution in [0.15, 0.2) is 0 Å². The van der Waals surface area contributed by atoms with Gasteiger partial charge in [0.2, 0.25) is 0 Å². The number of carbonyl (C=O) groups is 1. The first-order chi connectivity index (χ1) is 6.85. The summed E-state index contributed by atoms with van der Waals surface area (Å²) in [5, 5.41) is 3.35. The fourth-order valence-electron chi connectivity index (χ4n) is 1.89. The number of hydrogen-bond acceptors (Lipinski definition) is 3. The van der Waals surface area contributed by atoms with E-state index in [1.54, 1.807) is 0 Å². The maximum Gasteiger partial charge on any atom is 0.325 e. The van der Waals surface area contributed by atoms with Gasteiger partial charge in [0, 0.05) is 6.04 Å². The van der Waals surface area contributed by atoms with Gasteiger partial charge in [-0.05, 0) is 32.6 Å². The standard InChI is InChI=1S/C12H25NO2/c1-7-10(4)13-12(5,8-9(2)3)11(14)15-6/h9-10,13H,7-8H2,1-6H3. The van der Waals surface area contributed by atoms with Crippen LogP contribution in [0.25, 0.3) is 0 Å². The first-order valence-corrected chi connectivity index (χ1v) is 5.71. The Bertz CT molecular complexity index is 204. The number of nitrogens with one attached hydrogen (secondary N) is 1. The van der Waals surface area contributed by atoms with Crippen molar-refractivity contribution in [1.29, 1.82) is 0 Å². The van der Waals surface area contributed by atoms with Crippen molar-refractivity contribution in [1.82, 2.24) is 5.32 Å². The molecule has 0 amide bonds. The molecule has 0 aromatic heterocycles. The summed E-state index contributed by atoms with van der Waals surface area (Å²) in [4.78, 5) is 11.7. The van der Waals surface area contributed by atoms with Crippen LogP contribution in [0.3, 0.4) is 0 Å². The highest BCUT2D eigenvalue weighted by molar-refractivity contribution is 5.80. The number of ether oxygens (including phenoxy) is 1. The molecule has 0 spiro atoms. The number of methoxy groups -OCH3 is 1. The second kappa shape index (κ2) is 6.11. The van der Waals surface area contributed by atoms with Gasteiger partial charge in [-0.1, -0.05) is 20.8 Å². The van der Waals surface area contributed by atoms with Gasteiger partial charge in [-0.25, -0.2) is 0 Å². The molecule has 0 aromatic rings. The highest BCUT2D eigenvalue weighted by Gasteiger charge is 2.35. The van der Waals surface area contributed by atoms with Crippen LogP contribution in [-0.4, -0.2) is 24.7 Å². The molecule has 1 N–H and O–H groups in total. The molecule has 0 bridgehead atoms. The van der Waals surface area contributed by atoms with E-state index < -0.39 is 5.54 Å². The third-order valence-corrected chi connectivity index (χ3v) is 2.63. The monoisotopic (exact) mass is 215 g/mol. The van der Waals surface area contributed by atoms with Crippen molar-refractivity contribution < 1.29 is 9.53 Å². The van der Waals surface area contributed by atoms with Crippen molar-refractivity contribution in [2.75, 3.05) is 7.11 Å². The van der Waals surface area contributed by atoms with Crippen molar-refractivity contribution in [3.8, 4) is 0 Å². The van der Waals surface area contributed by atoms with E-state index in [9.17, 15) is 4.79 Å². The minimum absolute atomic E-state index is 0.170. The molecular formula is C12H25NO2. The van der Waals surface area contributed by atoms with Crippen LogP contribution in [0.2, 0.25) is 0 Å². The summed E-state index contributed by atoms with van der Waals surface area (Å²) >= 11 is 0. The summed E-state index contributed by atoms with van der Waals surface area (Å²) in [6.07, 6.45) is 1.80. The van der Waals surface area contributed by atoms with E-state index in [1.807, 2.05) is 6.92 Å².